The summed E-state index contributed by atoms with van der Waals surface area (Å²) in [5.41, 5.74) is 0.978. The monoisotopic (exact) mass is 249 g/mol. The van der Waals surface area contributed by atoms with Gasteiger partial charge in [0.25, 0.3) is 0 Å². The average molecular weight is 249 g/mol. The van der Waals surface area contributed by atoms with Crippen LogP contribution in [0.15, 0.2) is 24.3 Å². The molecule has 1 atom stereocenters. The Bertz CT molecular complexity index is 429. The minimum atomic E-state index is -0.161. The average Bonchev–Trinajstić information content (AvgIpc) is 2.35. The molecule has 0 bridgehead atoms. The summed E-state index contributed by atoms with van der Waals surface area (Å²) in [7, 11) is 3.47. The Morgan fingerprint density at radius 3 is 2.78 bits per heavy atom. The van der Waals surface area contributed by atoms with Crippen molar-refractivity contribution in [1.29, 1.82) is 0 Å². The molecule has 0 N–H and O–H groups in total. The number of ether oxygens (including phenoxy) is 2. The number of hydrogen-bond donors (Lipinski definition) is 0. The summed E-state index contributed by atoms with van der Waals surface area (Å²) in [6.45, 7) is 3.22. The van der Waals surface area contributed by atoms with Crippen LogP contribution in [0.2, 0.25) is 0 Å². The van der Waals surface area contributed by atoms with E-state index in [1.54, 1.807) is 12.0 Å². The molecule has 18 heavy (non-hydrogen) atoms. The first-order chi connectivity index (χ1) is 8.63. The second-order valence-electron chi connectivity index (χ2n) is 4.64. The van der Waals surface area contributed by atoms with E-state index in [0.29, 0.717) is 13.2 Å². The molecule has 0 radical (unpaired) electrons. The second kappa shape index (κ2) is 5.40. The molecule has 4 heteroatoms. The van der Waals surface area contributed by atoms with E-state index in [-0.39, 0.29) is 17.9 Å². The third kappa shape index (κ3) is 2.48. The molecule has 1 aliphatic rings. The number of rotatable bonds is 4. The highest BCUT2D eigenvalue weighted by molar-refractivity contribution is 5.83. The van der Waals surface area contributed by atoms with Crippen molar-refractivity contribution >= 4 is 5.91 Å². The van der Waals surface area contributed by atoms with Crippen molar-refractivity contribution in [3.8, 4) is 5.75 Å². The van der Waals surface area contributed by atoms with Crippen molar-refractivity contribution in [3.05, 3.63) is 29.8 Å². The van der Waals surface area contributed by atoms with E-state index in [0.717, 1.165) is 11.3 Å². The molecule has 0 spiro atoms. The van der Waals surface area contributed by atoms with Crippen LogP contribution in [-0.4, -0.2) is 44.2 Å². The number of hydrogen-bond acceptors (Lipinski definition) is 3. The maximum absolute atomic E-state index is 12.3. The number of benzene rings is 1. The minimum Gasteiger partial charge on any atom is -0.497 e. The van der Waals surface area contributed by atoms with E-state index in [9.17, 15) is 4.79 Å². The lowest BCUT2D eigenvalue weighted by atomic mass is 9.98. The topological polar surface area (TPSA) is 38.8 Å². The van der Waals surface area contributed by atoms with Gasteiger partial charge in [-0.15, -0.1) is 0 Å². The Balaban J connectivity index is 2.09. The molecule has 0 aromatic heterocycles. The lowest BCUT2D eigenvalue weighted by Gasteiger charge is -2.36. The molecule has 1 aliphatic heterocycles. The third-order valence-corrected chi connectivity index (χ3v) is 3.48. The maximum atomic E-state index is 12.3. The van der Waals surface area contributed by atoms with Crippen LogP contribution < -0.4 is 4.74 Å². The zero-order valence-corrected chi connectivity index (χ0v) is 11.1. The van der Waals surface area contributed by atoms with Gasteiger partial charge in [0.1, 0.15) is 5.75 Å². The van der Waals surface area contributed by atoms with Crippen molar-refractivity contribution in [2.24, 2.45) is 0 Å². The molecule has 1 amide bonds. The summed E-state index contributed by atoms with van der Waals surface area (Å²) in [5, 5.41) is 0. The van der Waals surface area contributed by atoms with E-state index in [2.05, 4.69) is 0 Å². The van der Waals surface area contributed by atoms with Crippen molar-refractivity contribution in [3.63, 3.8) is 0 Å². The molecule has 0 saturated carbocycles. The smallest absolute Gasteiger partial charge is 0.229 e. The fourth-order valence-corrected chi connectivity index (χ4v) is 1.99. The lowest BCUT2D eigenvalue weighted by molar-refractivity contribution is -0.142. The highest BCUT2D eigenvalue weighted by atomic mass is 16.5. The van der Waals surface area contributed by atoms with Crippen LogP contribution in [0, 0.1) is 0 Å². The molecule has 1 fully saturated rings. The second-order valence-corrected chi connectivity index (χ2v) is 4.64. The predicted molar refractivity (Wildman–Crippen MR) is 68.8 cm³/mol. The molecular weight excluding hydrogens is 230 g/mol. The molecule has 1 aromatic carbocycles. The van der Waals surface area contributed by atoms with E-state index >= 15 is 0 Å². The molecular formula is C14H19NO3. The Morgan fingerprint density at radius 1 is 1.50 bits per heavy atom. The van der Waals surface area contributed by atoms with Gasteiger partial charge >= 0.3 is 0 Å². The molecule has 2 rings (SSSR count). The van der Waals surface area contributed by atoms with Crippen molar-refractivity contribution in [2.45, 2.75) is 18.9 Å². The Hall–Kier alpha value is -1.55. The van der Waals surface area contributed by atoms with Crippen LogP contribution in [0.5, 0.6) is 5.75 Å². The molecule has 4 nitrogen and oxygen atoms in total. The zero-order chi connectivity index (χ0) is 13.1. The van der Waals surface area contributed by atoms with E-state index in [4.69, 9.17) is 9.47 Å². The van der Waals surface area contributed by atoms with Gasteiger partial charge < -0.3 is 14.4 Å². The Kier molecular flexibility index (Phi) is 3.87. The first kappa shape index (κ1) is 12.9. The number of carbonyl (C=O) groups excluding carboxylic acids is 1. The van der Waals surface area contributed by atoms with Gasteiger partial charge in [0.2, 0.25) is 5.91 Å². The fraction of sp³-hybridized carbons (Fsp3) is 0.500. The van der Waals surface area contributed by atoms with Crippen LogP contribution in [0.25, 0.3) is 0 Å². The summed E-state index contributed by atoms with van der Waals surface area (Å²) in [5.74, 6) is 0.740. The van der Waals surface area contributed by atoms with Crippen LogP contribution in [0.3, 0.4) is 0 Å². The highest BCUT2D eigenvalue weighted by Gasteiger charge is 2.29. The normalized spacial score (nSPS) is 16.8. The fourth-order valence-electron chi connectivity index (χ4n) is 1.99. The Morgan fingerprint density at radius 2 is 2.22 bits per heavy atom. The van der Waals surface area contributed by atoms with Crippen LogP contribution >= 0.6 is 0 Å². The quantitative estimate of drug-likeness (QED) is 0.814. The molecule has 1 saturated heterocycles. The predicted octanol–water partition coefficient (Wildman–Crippen LogP) is 1.66. The van der Waals surface area contributed by atoms with Crippen molar-refractivity contribution in [2.75, 3.05) is 27.4 Å². The van der Waals surface area contributed by atoms with Crippen molar-refractivity contribution in [1.82, 2.24) is 4.90 Å². The largest absolute Gasteiger partial charge is 0.497 e. The zero-order valence-electron chi connectivity index (χ0n) is 11.1. The van der Waals surface area contributed by atoms with Gasteiger partial charge in [0, 0.05) is 7.05 Å². The summed E-state index contributed by atoms with van der Waals surface area (Å²) in [4.78, 5) is 14.1. The molecule has 0 aliphatic carbocycles. The van der Waals surface area contributed by atoms with Crippen molar-refractivity contribution < 1.29 is 14.3 Å². The molecule has 98 valence electrons. The summed E-state index contributed by atoms with van der Waals surface area (Å²) in [6, 6.07) is 7.88. The number of likely N-dealkylation sites (N-methyl/N-ethyl adjacent to an activating group) is 1. The first-order valence-corrected chi connectivity index (χ1v) is 6.12. The van der Waals surface area contributed by atoms with E-state index < -0.39 is 0 Å². The van der Waals surface area contributed by atoms with Gasteiger partial charge in [-0.25, -0.2) is 0 Å². The number of nitrogens with zero attached hydrogens (tertiary/aromatic N) is 1. The standard InChI is InChI=1S/C14H19NO3/c1-10(11-5-4-6-13(7-11)17-3)14(16)15(2)12-8-18-9-12/h4-7,10,12H,8-9H2,1-3H3. The number of carbonyl (C=O) groups is 1. The van der Waals surface area contributed by atoms with Gasteiger partial charge in [-0.2, -0.15) is 0 Å². The molecule has 1 unspecified atom stereocenters. The summed E-state index contributed by atoms with van der Waals surface area (Å²) in [6.07, 6.45) is 0. The highest BCUT2D eigenvalue weighted by Crippen LogP contribution is 2.23. The van der Waals surface area contributed by atoms with Gasteiger partial charge in [-0.3, -0.25) is 4.79 Å². The van der Waals surface area contributed by atoms with Gasteiger partial charge in [0.15, 0.2) is 0 Å². The minimum absolute atomic E-state index is 0.122. The van der Waals surface area contributed by atoms with Gasteiger partial charge in [0.05, 0.1) is 32.3 Å². The van der Waals surface area contributed by atoms with Crippen LogP contribution in [0.4, 0.5) is 0 Å². The SMILES string of the molecule is COc1cccc(C(C)C(=O)N(C)C2COC2)c1. The lowest BCUT2D eigenvalue weighted by Crippen LogP contribution is -2.50. The molecule has 1 heterocycles. The third-order valence-electron chi connectivity index (χ3n) is 3.48. The maximum Gasteiger partial charge on any atom is 0.229 e. The number of methoxy groups -OCH3 is 1. The molecule has 1 aromatic rings. The first-order valence-electron chi connectivity index (χ1n) is 6.12. The summed E-state index contributed by atoms with van der Waals surface area (Å²) < 4.78 is 10.3. The van der Waals surface area contributed by atoms with E-state index in [1.807, 2.05) is 38.2 Å². The van der Waals surface area contributed by atoms with Gasteiger partial charge in [-0.05, 0) is 24.6 Å². The van der Waals surface area contributed by atoms with E-state index in [1.165, 1.54) is 0 Å². The number of amides is 1. The summed E-state index contributed by atoms with van der Waals surface area (Å²) >= 11 is 0. The van der Waals surface area contributed by atoms with Crippen LogP contribution in [0.1, 0.15) is 18.4 Å². The Labute approximate surface area is 107 Å². The van der Waals surface area contributed by atoms with Gasteiger partial charge in [-0.1, -0.05) is 12.1 Å². The van der Waals surface area contributed by atoms with Crippen LogP contribution in [-0.2, 0) is 9.53 Å².